The van der Waals surface area contributed by atoms with E-state index in [0.717, 1.165) is 31.7 Å². The van der Waals surface area contributed by atoms with Crippen LogP contribution in [-0.2, 0) is 11.3 Å². The van der Waals surface area contributed by atoms with Gasteiger partial charge in [0, 0.05) is 25.7 Å². The predicted octanol–water partition coefficient (Wildman–Crippen LogP) is 2.97. The molecule has 19 heavy (non-hydrogen) atoms. The Kier molecular flexibility index (Phi) is 3.80. The van der Waals surface area contributed by atoms with Gasteiger partial charge < -0.3 is 4.74 Å². The fourth-order valence-electron chi connectivity index (χ4n) is 2.71. The van der Waals surface area contributed by atoms with Crippen molar-refractivity contribution in [3.8, 4) is 0 Å². The smallest absolute Gasteiger partial charge is 0.159 e. The summed E-state index contributed by atoms with van der Waals surface area (Å²) in [5, 5.41) is 0. The third kappa shape index (κ3) is 3.31. The zero-order valence-electron chi connectivity index (χ0n) is 10.9. The lowest BCUT2D eigenvalue weighted by Gasteiger charge is -2.24. The van der Waals surface area contributed by atoms with Crippen molar-refractivity contribution in [2.24, 2.45) is 5.92 Å². The van der Waals surface area contributed by atoms with Gasteiger partial charge in [0.25, 0.3) is 0 Å². The van der Waals surface area contributed by atoms with Gasteiger partial charge in [-0.3, -0.25) is 4.90 Å². The van der Waals surface area contributed by atoms with Crippen molar-refractivity contribution in [2.45, 2.75) is 31.8 Å². The minimum Gasteiger partial charge on any atom is -0.381 e. The van der Waals surface area contributed by atoms with Gasteiger partial charge in [0.1, 0.15) is 0 Å². The van der Waals surface area contributed by atoms with Gasteiger partial charge in [0.2, 0.25) is 0 Å². The van der Waals surface area contributed by atoms with Crippen LogP contribution in [0.15, 0.2) is 18.2 Å². The average Bonchev–Trinajstić information content (AvgIpc) is 3.12. The highest BCUT2D eigenvalue weighted by atomic mass is 19.2. The van der Waals surface area contributed by atoms with Gasteiger partial charge >= 0.3 is 0 Å². The van der Waals surface area contributed by atoms with E-state index < -0.39 is 11.6 Å². The van der Waals surface area contributed by atoms with Gasteiger partial charge in [-0.1, -0.05) is 6.07 Å². The molecule has 0 radical (unpaired) electrons. The highest BCUT2D eigenvalue weighted by Gasteiger charge is 2.31. The summed E-state index contributed by atoms with van der Waals surface area (Å²) >= 11 is 0. The molecular formula is C15H19F2NO. The second kappa shape index (κ2) is 5.55. The fraction of sp³-hybridized carbons (Fsp3) is 0.600. The molecule has 1 aliphatic heterocycles. The highest BCUT2D eigenvalue weighted by Crippen LogP contribution is 2.30. The lowest BCUT2D eigenvalue weighted by atomic mass is 10.1. The normalized spacial score (nSPS) is 23.2. The molecule has 0 N–H and O–H groups in total. The van der Waals surface area contributed by atoms with E-state index in [1.807, 2.05) is 0 Å². The van der Waals surface area contributed by atoms with Crippen molar-refractivity contribution < 1.29 is 13.5 Å². The maximum absolute atomic E-state index is 13.2. The number of benzene rings is 1. The van der Waals surface area contributed by atoms with Crippen molar-refractivity contribution >= 4 is 0 Å². The average molecular weight is 267 g/mol. The molecule has 1 aromatic carbocycles. The number of nitrogens with zero attached hydrogens (tertiary/aromatic N) is 1. The maximum atomic E-state index is 13.2. The fourth-order valence-corrected chi connectivity index (χ4v) is 2.71. The highest BCUT2D eigenvalue weighted by molar-refractivity contribution is 5.18. The zero-order valence-corrected chi connectivity index (χ0v) is 10.9. The Balaban J connectivity index is 1.64. The van der Waals surface area contributed by atoms with Gasteiger partial charge in [-0.15, -0.1) is 0 Å². The minimum atomic E-state index is -0.772. The van der Waals surface area contributed by atoms with Crippen LogP contribution in [0.3, 0.4) is 0 Å². The van der Waals surface area contributed by atoms with Crippen LogP contribution in [0.5, 0.6) is 0 Å². The van der Waals surface area contributed by atoms with E-state index in [9.17, 15) is 8.78 Å². The molecule has 2 nitrogen and oxygen atoms in total. The van der Waals surface area contributed by atoms with E-state index in [4.69, 9.17) is 4.74 Å². The first-order valence-corrected chi connectivity index (χ1v) is 6.98. The number of hydrogen-bond acceptors (Lipinski definition) is 2. The summed E-state index contributed by atoms with van der Waals surface area (Å²) in [6, 6.07) is 4.83. The van der Waals surface area contributed by atoms with Crippen molar-refractivity contribution in [2.75, 3.05) is 19.8 Å². The van der Waals surface area contributed by atoms with Crippen molar-refractivity contribution in [3.63, 3.8) is 0 Å². The summed E-state index contributed by atoms with van der Waals surface area (Å²) in [6.45, 7) is 3.40. The largest absolute Gasteiger partial charge is 0.381 e. The molecule has 0 amide bonds. The molecule has 1 unspecified atom stereocenters. The topological polar surface area (TPSA) is 12.5 Å². The van der Waals surface area contributed by atoms with E-state index in [2.05, 4.69) is 4.90 Å². The summed E-state index contributed by atoms with van der Waals surface area (Å²) in [5.74, 6) is -0.936. The van der Waals surface area contributed by atoms with E-state index in [0.29, 0.717) is 18.5 Å². The van der Waals surface area contributed by atoms with Gasteiger partial charge in [0.05, 0.1) is 6.61 Å². The number of hydrogen-bond donors (Lipinski definition) is 0. The molecule has 1 heterocycles. The lowest BCUT2D eigenvalue weighted by molar-refractivity contribution is 0.161. The molecule has 1 aromatic rings. The molecule has 0 spiro atoms. The number of halogens is 2. The van der Waals surface area contributed by atoms with Crippen molar-refractivity contribution in [3.05, 3.63) is 35.4 Å². The van der Waals surface area contributed by atoms with Crippen LogP contribution in [0, 0.1) is 17.6 Å². The van der Waals surface area contributed by atoms with E-state index >= 15 is 0 Å². The molecule has 104 valence electrons. The van der Waals surface area contributed by atoms with E-state index in [1.165, 1.54) is 25.0 Å². The molecular weight excluding hydrogens is 248 g/mol. The monoisotopic (exact) mass is 267 g/mol. The summed E-state index contributed by atoms with van der Waals surface area (Å²) < 4.78 is 31.6. The Labute approximate surface area is 112 Å². The van der Waals surface area contributed by atoms with Crippen molar-refractivity contribution in [1.29, 1.82) is 0 Å². The van der Waals surface area contributed by atoms with Crippen molar-refractivity contribution in [1.82, 2.24) is 4.90 Å². The summed E-state index contributed by atoms with van der Waals surface area (Å²) in [5.41, 5.74) is 0.852. The molecule has 1 saturated carbocycles. The van der Waals surface area contributed by atoms with E-state index in [-0.39, 0.29) is 0 Å². The number of rotatable bonds is 5. The van der Waals surface area contributed by atoms with Crippen LogP contribution >= 0.6 is 0 Å². The minimum absolute atomic E-state index is 0.589. The predicted molar refractivity (Wildman–Crippen MR) is 68.7 cm³/mol. The molecule has 1 aliphatic carbocycles. The standard InChI is InChI=1S/C15H19F2NO/c16-14-4-1-11(7-15(14)17)8-18(13-2-3-13)9-12-5-6-19-10-12/h1,4,7,12-13H,2-3,5-6,8-10H2. The second-order valence-electron chi connectivity index (χ2n) is 5.64. The van der Waals surface area contributed by atoms with Crippen LogP contribution in [0.25, 0.3) is 0 Å². The molecule has 2 aliphatic rings. The Bertz CT molecular complexity index is 442. The first kappa shape index (κ1) is 13.0. The Morgan fingerprint density at radius 3 is 2.63 bits per heavy atom. The summed E-state index contributed by atoms with van der Waals surface area (Å²) in [7, 11) is 0. The summed E-state index contributed by atoms with van der Waals surface area (Å²) in [4.78, 5) is 2.39. The third-order valence-electron chi connectivity index (χ3n) is 3.95. The first-order valence-electron chi connectivity index (χ1n) is 6.98. The van der Waals surface area contributed by atoms with Gasteiger partial charge in [-0.25, -0.2) is 8.78 Å². The Morgan fingerprint density at radius 1 is 1.16 bits per heavy atom. The summed E-state index contributed by atoms with van der Waals surface area (Å²) in [6.07, 6.45) is 3.55. The quantitative estimate of drug-likeness (QED) is 0.813. The maximum Gasteiger partial charge on any atom is 0.159 e. The van der Waals surface area contributed by atoms with Gasteiger partial charge in [-0.2, -0.15) is 0 Å². The van der Waals surface area contributed by atoms with Gasteiger partial charge in [0.15, 0.2) is 11.6 Å². The lowest BCUT2D eigenvalue weighted by Crippen LogP contribution is -2.31. The van der Waals surface area contributed by atoms with Crippen LogP contribution < -0.4 is 0 Å². The van der Waals surface area contributed by atoms with E-state index in [1.54, 1.807) is 6.07 Å². The van der Waals surface area contributed by atoms with Crippen LogP contribution in [-0.4, -0.2) is 30.7 Å². The van der Waals surface area contributed by atoms with Crippen LogP contribution in [0.1, 0.15) is 24.8 Å². The molecule has 1 saturated heterocycles. The molecule has 4 heteroatoms. The van der Waals surface area contributed by atoms with Gasteiger partial charge in [-0.05, 0) is 42.9 Å². The molecule has 1 atom stereocenters. The SMILES string of the molecule is Fc1ccc(CN(CC2CCOC2)C2CC2)cc1F. The molecule has 3 rings (SSSR count). The zero-order chi connectivity index (χ0) is 13.2. The first-order chi connectivity index (χ1) is 9.22. The Morgan fingerprint density at radius 2 is 2.00 bits per heavy atom. The molecule has 2 fully saturated rings. The van der Waals surface area contributed by atoms with Crippen LogP contribution in [0.2, 0.25) is 0 Å². The second-order valence-corrected chi connectivity index (χ2v) is 5.64. The molecule has 0 aromatic heterocycles. The van der Waals surface area contributed by atoms with Crippen LogP contribution in [0.4, 0.5) is 8.78 Å². The third-order valence-corrected chi connectivity index (χ3v) is 3.95. The number of ether oxygens (including phenoxy) is 1. The molecule has 0 bridgehead atoms. The Hall–Kier alpha value is -1.00.